The van der Waals surface area contributed by atoms with E-state index in [1.165, 1.54) is 7.11 Å². The largest absolute Gasteiger partial charge is 0.467 e. The molecule has 0 unspecified atom stereocenters. The van der Waals surface area contributed by atoms with Crippen LogP contribution >= 0.6 is 0 Å². The van der Waals surface area contributed by atoms with E-state index < -0.39 is 24.0 Å². The topological polar surface area (TPSA) is 93.7 Å². The van der Waals surface area contributed by atoms with Gasteiger partial charge in [0, 0.05) is 0 Å². The minimum absolute atomic E-state index is 0.121. The summed E-state index contributed by atoms with van der Waals surface area (Å²) in [6.45, 7) is 1.84. The van der Waals surface area contributed by atoms with Crippen molar-refractivity contribution in [3.05, 3.63) is 35.9 Å². The molecule has 0 bridgehead atoms. The summed E-state index contributed by atoms with van der Waals surface area (Å²) >= 11 is 0. The summed E-state index contributed by atoms with van der Waals surface area (Å²) in [7, 11) is 1.27. The number of rotatable bonds is 9. The summed E-state index contributed by atoms with van der Waals surface area (Å²) in [5.41, 5.74) is 0.849. The minimum atomic E-state index is -0.704. The molecule has 24 heavy (non-hydrogen) atoms. The van der Waals surface area contributed by atoms with E-state index in [2.05, 4.69) is 15.4 Å². The molecule has 2 N–H and O–H groups in total. The molecule has 0 aliphatic heterocycles. The van der Waals surface area contributed by atoms with Crippen molar-refractivity contribution >= 4 is 18.0 Å². The van der Waals surface area contributed by atoms with Crippen LogP contribution in [-0.4, -0.2) is 37.7 Å². The van der Waals surface area contributed by atoms with Gasteiger partial charge in [-0.2, -0.15) is 0 Å². The van der Waals surface area contributed by atoms with Crippen LogP contribution in [0.25, 0.3) is 0 Å². The van der Waals surface area contributed by atoms with E-state index in [1.54, 1.807) is 0 Å². The predicted octanol–water partition coefficient (Wildman–Crippen LogP) is 1.76. The third kappa shape index (κ3) is 7.62. The summed E-state index contributed by atoms with van der Waals surface area (Å²) in [5.74, 6) is -0.971. The fraction of sp³-hybridized carbons (Fsp3) is 0.471. The molecule has 0 saturated carbocycles. The lowest BCUT2D eigenvalue weighted by Gasteiger charge is -2.16. The maximum atomic E-state index is 11.8. The number of ether oxygens (including phenoxy) is 2. The molecule has 0 saturated heterocycles. The molecule has 0 aromatic heterocycles. The first-order chi connectivity index (χ1) is 11.6. The van der Waals surface area contributed by atoms with Crippen molar-refractivity contribution in [1.29, 1.82) is 0 Å². The van der Waals surface area contributed by atoms with Gasteiger partial charge < -0.3 is 20.1 Å². The van der Waals surface area contributed by atoms with E-state index in [1.807, 2.05) is 37.3 Å². The molecule has 1 aromatic carbocycles. The molecule has 7 nitrogen and oxygen atoms in total. The molecule has 2 amide bonds. The van der Waals surface area contributed by atoms with Gasteiger partial charge in [0.05, 0.1) is 7.11 Å². The number of alkyl carbamates (subject to hydrolysis) is 1. The number of carbonyl (C=O) groups is 3. The van der Waals surface area contributed by atoms with Crippen molar-refractivity contribution in [3.8, 4) is 0 Å². The smallest absolute Gasteiger partial charge is 0.407 e. The average Bonchev–Trinajstić information content (AvgIpc) is 2.61. The molecular weight excluding hydrogens is 312 g/mol. The van der Waals surface area contributed by atoms with Crippen LogP contribution in [0.15, 0.2) is 30.3 Å². The van der Waals surface area contributed by atoms with Gasteiger partial charge in [0.15, 0.2) is 0 Å². The highest BCUT2D eigenvalue weighted by Crippen LogP contribution is 2.02. The van der Waals surface area contributed by atoms with Gasteiger partial charge >= 0.3 is 12.1 Å². The van der Waals surface area contributed by atoms with Crippen LogP contribution in [0.2, 0.25) is 0 Å². The molecular formula is C17H24N2O5. The van der Waals surface area contributed by atoms with Crippen molar-refractivity contribution in [2.24, 2.45) is 0 Å². The van der Waals surface area contributed by atoms with Gasteiger partial charge in [-0.25, -0.2) is 9.59 Å². The molecule has 0 radical (unpaired) electrons. The highest BCUT2D eigenvalue weighted by Gasteiger charge is 2.20. The zero-order valence-corrected chi connectivity index (χ0v) is 14.0. The Morgan fingerprint density at radius 2 is 1.88 bits per heavy atom. The lowest BCUT2D eigenvalue weighted by atomic mass is 10.1. The van der Waals surface area contributed by atoms with Gasteiger partial charge in [-0.05, 0) is 12.0 Å². The van der Waals surface area contributed by atoms with Crippen molar-refractivity contribution in [1.82, 2.24) is 10.6 Å². The first-order valence-corrected chi connectivity index (χ1v) is 7.88. The molecule has 0 spiro atoms. The number of esters is 1. The SMILES string of the molecule is CCCC[C@H](NC(=O)CNC(=O)OCc1ccccc1)C(=O)OC. The molecule has 1 atom stereocenters. The second-order valence-corrected chi connectivity index (χ2v) is 5.20. The van der Waals surface area contributed by atoms with E-state index in [-0.39, 0.29) is 13.2 Å². The molecule has 0 aliphatic carbocycles. The fourth-order valence-electron chi connectivity index (χ4n) is 1.97. The maximum Gasteiger partial charge on any atom is 0.407 e. The van der Waals surface area contributed by atoms with Crippen LogP contribution in [0, 0.1) is 0 Å². The first kappa shape index (κ1) is 19.5. The quantitative estimate of drug-likeness (QED) is 0.670. The first-order valence-electron chi connectivity index (χ1n) is 7.88. The number of hydrogen-bond acceptors (Lipinski definition) is 5. The van der Waals surface area contributed by atoms with Gasteiger partial charge in [-0.1, -0.05) is 50.1 Å². The molecule has 132 valence electrons. The molecule has 0 aliphatic rings. The Bertz CT molecular complexity index is 533. The molecule has 7 heteroatoms. The molecule has 0 fully saturated rings. The van der Waals surface area contributed by atoms with E-state index in [4.69, 9.17) is 4.74 Å². The van der Waals surface area contributed by atoms with E-state index >= 15 is 0 Å². The Labute approximate surface area is 141 Å². The normalized spacial score (nSPS) is 11.2. The number of carbonyl (C=O) groups excluding carboxylic acids is 3. The standard InChI is InChI=1S/C17H24N2O5/c1-3-4-10-14(16(21)23-2)19-15(20)11-18-17(22)24-12-13-8-6-5-7-9-13/h5-9,14H,3-4,10-12H2,1-2H3,(H,18,22)(H,19,20)/t14-/m0/s1. The van der Waals surface area contributed by atoms with Crippen molar-refractivity contribution in [3.63, 3.8) is 0 Å². The molecule has 1 rings (SSSR count). The van der Waals surface area contributed by atoms with E-state index in [0.29, 0.717) is 6.42 Å². The van der Waals surface area contributed by atoms with Crippen molar-refractivity contribution in [2.75, 3.05) is 13.7 Å². The monoisotopic (exact) mass is 336 g/mol. The molecule has 1 aromatic rings. The lowest BCUT2D eigenvalue weighted by Crippen LogP contribution is -2.46. The van der Waals surface area contributed by atoms with Crippen molar-refractivity contribution < 1.29 is 23.9 Å². The lowest BCUT2D eigenvalue weighted by molar-refractivity contribution is -0.145. The average molecular weight is 336 g/mol. The zero-order chi connectivity index (χ0) is 17.8. The summed E-state index contributed by atoms with van der Waals surface area (Å²) in [4.78, 5) is 35.0. The summed E-state index contributed by atoms with van der Waals surface area (Å²) in [5, 5.41) is 4.89. The van der Waals surface area contributed by atoms with Crippen LogP contribution < -0.4 is 10.6 Å². The van der Waals surface area contributed by atoms with Crippen LogP contribution in [0.1, 0.15) is 31.7 Å². The maximum absolute atomic E-state index is 11.8. The zero-order valence-electron chi connectivity index (χ0n) is 14.0. The van der Waals surface area contributed by atoms with Gasteiger partial charge in [-0.15, -0.1) is 0 Å². The van der Waals surface area contributed by atoms with Crippen LogP contribution in [-0.2, 0) is 25.7 Å². The second-order valence-electron chi connectivity index (χ2n) is 5.20. The number of methoxy groups -OCH3 is 1. The third-order valence-electron chi connectivity index (χ3n) is 3.27. The Kier molecular flexibility index (Phi) is 8.96. The third-order valence-corrected chi connectivity index (χ3v) is 3.27. The number of amides is 2. The number of benzene rings is 1. The summed E-state index contributed by atoms with van der Waals surface area (Å²) in [6.07, 6.45) is 1.48. The number of unbranched alkanes of at least 4 members (excludes halogenated alkanes) is 1. The molecule has 0 heterocycles. The Morgan fingerprint density at radius 1 is 1.17 bits per heavy atom. The minimum Gasteiger partial charge on any atom is -0.467 e. The highest BCUT2D eigenvalue weighted by atomic mass is 16.5. The summed E-state index contributed by atoms with van der Waals surface area (Å²) in [6, 6.07) is 8.50. The van der Waals surface area contributed by atoms with Crippen LogP contribution in [0.5, 0.6) is 0 Å². The van der Waals surface area contributed by atoms with Crippen LogP contribution in [0.3, 0.4) is 0 Å². The van der Waals surface area contributed by atoms with Gasteiger partial charge in [0.25, 0.3) is 0 Å². The van der Waals surface area contributed by atoms with Crippen LogP contribution in [0.4, 0.5) is 4.79 Å². The summed E-state index contributed by atoms with van der Waals surface area (Å²) < 4.78 is 9.65. The van der Waals surface area contributed by atoms with Gasteiger partial charge in [-0.3, -0.25) is 4.79 Å². The van der Waals surface area contributed by atoms with Gasteiger partial charge in [0.2, 0.25) is 5.91 Å². The predicted molar refractivity (Wildman–Crippen MR) is 88.1 cm³/mol. The Hall–Kier alpha value is -2.57. The Morgan fingerprint density at radius 3 is 2.50 bits per heavy atom. The van der Waals surface area contributed by atoms with Crippen molar-refractivity contribution in [2.45, 2.75) is 38.8 Å². The highest BCUT2D eigenvalue weighted by molar-refractivity contribution is 5.87. The number of hydrogen-bond donors (Lipinski definition) is 2. The van der Waals surface area contributed by atoms with E-state index in [0.717, 1.165) is 18.4 Å². The second kappa shape index (κ2) is 11.0. The Balaban J connectivity index is 2.32. The number of nitrogens with one attached hydrogen (secondary N) is 2. The van der Waals surface area contributed by atoms with Gasteiger partial charge in [0.1, 0.15) is 19.2 Å². The van der Waals surface area contributed by atoms with E-state index in [9.17, 15) is 14.4 Å². The fourth-order valence-corrected chi connectivity index (χ4v) is 1.97.